The molecule has 1 rings (SSSR count). The summed E-state index contributed by atoms with van der Waals surface area (Å²) in [6.07, 6.45) is 0.465. The molecule has 0 fully saturated rings. The lowest BCUT2D eigenvalue weighted by molar-refractivity contribution is -0.384. The van der Waals surface area contributed by atoms with E-state index in [0.29, 0.717) is 12.1 Å². The van der Waals surface area contributed by atoms with Gasteiger partial charge in [-0.1, -0.05) is 11.6 Å². The average Bonchev–Trinajstić information content (AvgIpc) is 2.35. The van der Waals surface area contributed by atoms with Crippen LogP contribution in [0.3, 0.4) is 0 Å². The first-order valence-electron chi connectivity index (χ1n) is 4.73. The lowest BCUT2D eigenvalue weighted by Gasteiger charge is -2.13. The fourth-order valence-electron chi connectivity index (χ4n) is 1.05. The Bertz CT molecular complexity index is 493. The Hall–Kier alpha value is -2.22. The van der Waals surface area contributed by atoms with E-state index in [1.54, 1.807) is 0 Å². The van der Waals surface area contributed by atoms with Crippen LogP contribution in [0.15, 0.2) is 28.6 Å². The number of nitrogens with zero attached hydrogens (tertiary/aromatic N) is 5. The molecule has 1 amide bonds. The molecular weight excluding hydrogens is 262 g/mol. The summed E-state index contributed by atoms with van der Waals surface area (Å²) >= 11 is 5.90. The van der Waals surface area contributed by atoms with E-state index in [9.17, 15) is 14.9 Å². The molecule has 0 spiro atoms. The van der Waals surface area contributed by atoms with Gasteiger partial charge in [-0.2, -0.15) is 0 Å². The van der Waals surface area contributed by atoms with Gasteiger partial charge in [-0.15, -0.1) is 0 Å². The van der Waals surface area contributed by atoms with Crippen molar-refractivity contribution in [2.24, 2.45) is 10.4 Å². The minimum atomic E-state index is -0.539. The van der Waals surface area contributed by atoms with E-state index in [1.165, 1.54) is 37.3 Å². The van der Waals surface area contributed by atoms with Crippen LogP contribution in [0.1, 0.15) is 0 Å². The van der Waals surface area contributed by atoms with Crippen molar-refractivity contribution < 1.29 is 9.72 Å². The minimum Gasteiger partial charge on any atom is -0.277 e. The summed E-state index contributed by atoms with van der Waals surface area (Å²) in [4.78, 5) is 20.4. The number of non-ortho nitro benzene ring substituents is 1. The van der Waals surface area contributed by atoms with Gasteiger partial charge in [0.2, 0.25) is 6.41 Å². The molecule has 0 radical (unpaired) electrons. The van der Waals surface area contributed by atoms with Gasteiger partial charge in [0.15, 0.2) is 0 Å². The zero-order valence-corrected chi connectivity index (χ0v) is 10.4. The van der Waals surface area contributed by atoms with E-state index in [0.717, 1.165) is 5.01 Å². The number of carbonyl (C=O) groups excluding carboxylic acids is 1. The van der Waals surface area contributed by atoms with Crippen molar-refractivity contribution in [3.8, 4) is 0 Å². The molecule has 1 aromatic rings. The van der Waals surface area contributed by atoms with Gasteiger partial charge in [-0.25, -0.2) is 10.0 Å². The molecule has 0 aliphatic carbocycles. The Morgan fingerprint density at radius 2 is 2.06 bits per heavy atom. The van der Waals surface area contributed by atoms with Crippen LogP contribution in [0.25, 0.3) is 0 Å². The summed E-state index contributed by atoms with van der Waals surface area (Å²) in [5.74, 6) is 0. The second-order valence-corrected chi connectivity index (χ2v) is 3.68. The van der Waals surface area contributed by atoms with Crippen molar-refractivity contribution in [1.29, 1.82) is 0 Å². The quantitative estimate of drug-likeness (QED) is 0.355. The summed E-state index contributed by atoms with van der Waals surface area (Å²) in [6, 6.07) is 3.95. The normalized spacial score (nSPS) is 10.4. The van der Waals surface area contributed by atoms with Gasteiger partial charge < -0.3 is 0 Å². The summed E-state index contributed by atoms with van der Waals surface area (Å²) in [5.41, 5.74) is 0.203. The van der Waals surface area contributed by atoms with Crippen molar-refractivity contribution in [3.63, 3.8) is 0 Å². The standard InChI is InChI=1S/C9H10ClN5O3/c1-13(6-16)11-12-14(2)9-5-7(15(17)18)3-4-8(9)10/h3-6H,1-2H3/b12-11-. The predicted octanol–water partition coefficient (Wildman–Crippen LogP) is 2.05. The molecule has 0 saturated heterocycles. The molecule has 0 saturated carbocycles. The predicted molar refractivity (Wildman–Crippen MR) is 65.2 cm³/mol. The maximum absolute atomic E-state index is 10.6. The molecule has 8 nitrogen and oxygen atoms in total. The number of benzene rings is 1. The van der Waals surface area contributed by atoms with Gasteiger partial charge in [-0.05, 0) is 16.5 Å². The molecule has 96 valence electrons. The minimum absolute atomic E-state index is 0.111. The number of rotatable bonds is 5. The zero-order chi connectivity index (χ0) is 13.7. The van der Waals surface area contributed by atoms with Crippen LogP contribution in [0.5, 0.6) is 0 Å². The molecule has 0 bridgehead atoms. The molecule has 0 N–H and O–H groups in total. The zero-order valence-electron chi connectivity index (χ0n) is 9.65. The number of nitro groups is 1. The molecule has 0 atom stereocenters. The monoisotopic (exact) mass is 271 g/mol. The van der Waals surface area contributed by atoms with Crippen molar-refractivity contribution in [1.82, 2.24) is 5.01 Å². The highest BCUT2D eigenvalue weighted by Crippen LogP contribution is 2.29. The number of carbonyl (C=O) groups is 1. The highest BCUT2D eigenvalue weighted by molar-refractivity contribution is 6.33. The van der Waals surface area contributed by atoms with Crippen LogP contribution in [-0.2, 0) is 4.79 Å². The van der Waals surface area contributed by atoms with E-state index < -0.39 is 4.92 Å². The molecule has 18 heavy (non-hydrogen) atoms. The third kappa shape index (κ3) is 3.39. The summed E-state index contributed by atoms with van der Waals surface area (Å²) < 4.78 is 0. The van der Waals surface area contributed by atoms with E-state index in [4.69, 9.17) is 11.6 Å². The summed E-state index contributed by atoms with van der Waals surface area (Å²) in [6.45, 7) is 0. The second kappa shape index (κ2) is 5.92. The first-order valence-corrected chi connectivity index (χ1v) is 5.11. The lowest BCUT2D eigenvalue weighted by atomic mass is 10.3. The average molecular weight is 272 g/mol. The van der Waals surface area contributed by atoms with Gasteiger partial charge in [0.25, 0.3) is 5.69 Å². The van der Waals surface area contributed by atoms with E-state index >= 15 is 0 Å². The van der Waals surface area contributed by atoms with Crippen LogP contribution in [0.2, 0.25) is 5.02 Å². The summed E-state index contributed by atoms with van der Waals surface area (Å²) in [5, 5.41) is 20.3. The van der Waals surface area contributed by atoms with Gasteiger partial charge in [0.05, 0.1) is 15.6 Å². The Morgan fingerprint density at radius 3 is 2.61 bits per heavy atom. The Balaban J connectivity index is 3.00. The lowest BCUT2D eigenvalue weighted by Crippen LogP contribution is -2.12. The maximum atomic E-state index is 10.6. The van der Waals surface area contributed by atoms with Gasteiger partial charge in [-0.3, -0.25) is 14.9 Å². The van der Waals surface area contributed by atoms with Crippen LogP contribution in [0.4, 0.5) is 11.4 Å². The second-order valence-electron chi connectivity index (χ2n) is 3.27. The first-order chi connectivity index (χ1) is 8.45. The number of hydrogen-bond donors (Lipinski definition) is 0. The van der Waals surface area contributed by atoms with Crippen LogP contribution >= 0.6 is 11.6 Å². The van der Waals surface area contributed by atoms with Gasteiger partial charge in [0, 0.05) is 26.2 Å². The number of amides is 1. The molecule has 1 aromatic carbocycles. The highest BCUT2D eigenvalue weighted by atomic mass is 35.5. The van der Waals surface area contributed by atoms with Crippen LogP contribution in [0, 0.1) is 10.1 Å². The number of nitro benzene ring substituents is 1. The molecule has 0 aliphatic heterocycles. The fraction of sp³-hybridized carbons (Fsp3) is 0.222. The molecule has 9 heteroatoms. The third-order valence-corrected chi connectivity index (χ3v) is 2.28. The molecule has 0 unspecified atom stereocenters. The molecule has 0 aromatic heterocycles. The topological polar surface area (TPSA) is 91.4 Å². The van der Waals surface area contributed by atoms with Gasteiger partial charge >= 0.3 is 0 Å². The van der Waals surface area contributed by atoms with Crippen LogP contribution < -0.4 is 5.01 Å². The maximum Gasteiger partial charge on any atom is 0.271 e. The summed E-state index contributed by atoms with van der Waals surface area (Å²) in [7, 11) is 2.91. The van der Waals surface area contributed by atoms with Gasteiger partial charge in [0.1, 0.15) is 0 Å². The number of anilines is 1. The molecule has 0 aliphatic rings. The fourth-order valence-corrected chi connectivity index (χ4v) is 1.29. The highest BCUT2D eigenvalue weighted by Gasteiger charge is 2.12. The molecule has 0 heterocycles. The number of hydrogen-bond acceptors (Lipinski definition) is 5. The Morgan fingerprint density at radius 1 is 1.39 bits per heavy atom. The Kier molecular flexibility index (Phi) is 4.55. The first kappa shape index (κ1) is 13.8. The van der Waals surface area contributed by atoms with Crippen LogP contribution in [-0.4, -0.2) is 30.4 Å². The Labute approximate surface area is 108 Å². The largest absolute Gasteiger partial charge is 0.277 e. The number of halogens is 1. The SMILES string of the molecule is CN(C=O)/N=N\N(C)c1cc([N+](=O)[O-])ccc1Cl. The van der Waals surface area contributed by atoms with Crippen molar-refractivity contribution in [3.05, 3.63) is 33.3 Å². The smallest absolute Gasteiger partial charge is 0.271 e. The van der Waals surface area contributed by atoms with Crippen molar-refractivity contribution in [2.45, 2.75) is 0 Å². The molecular formula is C9H10ClN5O3. The third-order valence-electron chi connectivity index (χ3n) is 1.96. The van der Waals surface area contributed by atoms with E-state index in [2.05, 4.69) is 10.4 Å². The van der Waals surface area contributed by atoms with Crippen molar-refractivity contribution in [2.75, 3.05) is 19.1 Å². The van der Waals surface area contributed by atoms with E-state index in [1.807, 2.05) is 0 Å². The van der Waals surface area contributed by atoms with Crippen molar-refractivity contribution >= 4 is 29.4 Å². The van der Waals surface area contributed by atoms with E-state index in [-0.39, 0.29) is 10.7 Å².